The van der Waals surface area contributed by atoms with Gasteiger partial charge in [0, 0.05) is 19.3 Å². The van der Waals surface area contributed by atoms with E-state index >= 15 is 0 Å². The summed E-state index contributed by atoms with van der Waals surface area (Å²) in [6, 6.07) is 13.2. The number of aromatic nitrogens is 1. The molecule has 0 aliphatic carbocycles. The SMILES string of the molecule is N#Cc1cccnc1Oc1ccccc1NCC[C@H]1CCCO1. The minimum atomic E-state index is 0.323. The van der Waals surface area contributed by atoms with Crippen LogP contribution in [0.2, 0.25) is 0 Å². The number of benzene rings is 1. The first-order valence-corrected chi connectivity index (χ1v) is 7.84. The Morgan fingerprint density at radius 2 is 2.22 bits per heavy atom. The van der Waals surface area contributed by atoms with E-state index in [1.54, 1.807) is 18.3 Å². The highest BCUT2D eigenvalue weighted by atomic mass is 16.5. The fourth-order valence-electron chi connectivity index (χ4n) is 2.60. The second-order valence-corrected chi connectivity index (χ2v) is 5.42. The highest BCUT2D eigenvalue weighted by molar-refractivity contribution is 5.57. The van der Waals surface area contributed by atoms with Crippen molar-refractivity contribution in [2.75, 3.05) is 18.5 Å². The van der Waals surface area contributed by atoms with Crippen LogP contribution in [0, 0.1) is 11.3 Å². The molecule has 3 rings (SSSR count). The first-order chi connectivity index (χ1) is 11.4. The van der Waals surface area contributed by atoms with Crippen molar-refractivity contribution < 1.29 is 9.47 Å². The largest absolute Gasteiger partial charge is 0.436 e. The molecule has 0 bridgehead atoms. The van der Waals surface area contributed by atoms with E-state index in [9.17, 15) is 0 Å². The number of hydrogen-bond acceptors (Lipinski definition) is 5. The normalized spacial score (nSPS) is 16.7. The maximum Gasteiger partial charge on any atom is 0.237 e. The predicted molar refractivity (Wildman–Crippen MR) is 87.5 cm³/mol. The van der Waals surface area contributed by atoms with Gasteiger partial charge in [-0.2, -0.15) is 5.26 Å². The number of pyridine rings is 1. The first-order valence-electron chi connectivity index (χ1n) is 7.84. The molecule has 5 heteroatoms. The molecule has 23 heavy (non-hydrogen) atoms. The van der Waals surface area contributed by atoms with Gasteiger partial charge in [-0.05, 0) is 43.5 Å². The smallest absolute Gasteiger partial charge is 0.237 e. The molecule has 1 aliphatic rings. The monoisotopic (exact) mass is 309 g/mol. The van der Waals surface area contributed by atoms with E-state index in [0.717, 1.165) is 38.1 Å². The molecular formula is C18H19N3O2. The molecule has 1 saturated heterocycles. The van der Waals surface area contributed by atoms with Crippen LogP contribution in [0.1, 0.15) is 24.8 Å². The number of para-hydroxylation sites is 2. The molecule has 2 heterocycles. The molecule has 0 amide bonds. The van der Waals surface area contributed by atoms with Crippen LogP contribution >= 0.6 is 0 Å². The zero-order valence-electron chi connectivity index (χ0n) is 12.9. The van der Waals surface area contributed by atoms with E-state index in [1.165, 1.54) is 0 Å². The van der Waals surface area contributed by atoms with Gasteiger partial charge >= 0.3 is 0 Å². The first kappa shape index (κ1) is 15.3. The molecule has 1 aliphatic heterocycles. The van der Waals surface area contributed by atoms with E-state index in [0.29, 0.717) is 23.3 Å². The molecule has 0 saturated carbocycles. The van der Waals surface area contributed by atoms with Crippen molar-refractivity contribution in [3.8, 4) is 17.7 Å². The summed E-state index contributed by atoms with van der Waals surface area (Å²) < 4.78 is 11.5. The van der Waals surface area contributed by atoms with Gasteiger partial charge in [0.2, 0.25) is 5.88 Å². The van der Waals surface area contributed by atoms with Crippen LogP contribution < -0.4 is 10.1 Å². The average Bonchev–Trinajstić information content (AvgIpc) is 3.10. The van der Waals surface area contributed by atoms with Crippen molar-refractivity contribution in [3.05, 3.63) is 48.2 Å². The van der Waals surface area contributed by atoms with Gasteiger partial charge in [-0.15, -0.1) is 0 Å². The fraction of sp³-hybridized carbons (Fsp3) is 0.333. The standard InChI is InChI=1S/C18H19N3O2/c19-13-14-5-3-10-21-18(14)23-17-8-2-1-7-16(17)20-11-9-15-6-4-12-22-15/h1-3,5,7-8,10,15,20H,4,6,9,11-12H2/t15-/m1/s1. The lowest BCUT2D eigenvalue weighted by Gasteiger charge is -2.14. The molecule has 5 nitrogen and oxygen atoms in total. The minimum Gasteiger partial charge on any atom is -0.436 e. The summed E-state index contributed by atoms with van der Waals surface area (Å²) in [5, 5.41) is 12.5. The van der Waals surface area contributed by atoms with Gasteiger partial charge in [0.05, 0.1) is 11.8 Å². The molecule has 0 spiro atoms. The number of nitrogens with one attached hydrogen (secondary N) is 1. The second kappa shape index (κ2) is 7.61. The Morgan fingerprint density at radius 1 is 1.30 bits per heavy atom. The Balaban J connectivity index is 1.66. The molecule has 0 radical (unpaired) electrons. The zero-order valence-corrected chi connectivity index (χ0v) is 12.9. The van der Waals surface area contributed by atoms with E-state index in [4.69, 9.17) is 14.7 Å². The molecular weight excluding hydrogens is 290 g/mol. The van der Waals surface area contributed by atoms with Gasteiger partial charge in [0.15, 0.2) is 5.75 Å². The van der Waals surface area contributed by atoms with Gasteiger partial charge in [-0.3, -0.25) is 0 Å². The molecule has 1 N–H and O–H groups in total. The number of hydrogen-bond donors (Lipinski definition) is 1. The third-order valence-electron chi connectivity index (χ3n) is 3.79. The fourth-order valence-corrected chi connectivity index (χ4v) is 2.60. The molecule has 1 aromatic carbocycles. The van der Waals surface area contributed by atoms with Gasteiger partial charge in [0.1, 0.15) is 11.6 Å². The average molecular weight is 309 g/mol. The van der Waals surface area contributed by atoms with E-state index in [1.807, 2.05) is 24.3 Å². The third-order valence-corrected chi connectivity index (χ3v) is 3.79. The van der Waals surface area contributed by atoms with Gasteiger partial charge in [-0.25, -0.2) is 4.98 Å². The summed E-state index contributed by atoms with van der Waals surface area (Å²) in [4.78, 5) is 4.14. The predicted octanol–water partition coefficient (Wildman–Crippen LogP) is 3.73. The number of nitrogens with zero attached hydrogens (tertiary/aromatic N) is 2. The number of ether oxygens (including phenoxy) is 2. The van der Waals surface area contributed by atoms with Crippen LogP contribution in [0.4, 0.5) is 5.69 Å². The zero-order chi connectivity index (χ0) is 15.9. The van der Waals surface area contributed by atoms with Gasteiger partial charge in [-0.1, -0.05) is 12.1 Å². The Bertz CT molecular complexity index is 691. The van der Waals surface area contributed by atoms with Crippen molar-refractivity contribution >= 4 is 5.69 Å². The van der Waals surface area contributed by atoms with Crippen LogP contribution in [0.25, 0.3) is 0 Å². The Labute approximate surface area is 135 Å². The van der Waals surface area contributed by atoms with Crippen molar-refractivity contribution in [2.45, 2.75) is 25.4 Å². The maximum absolute atomic E-state index is 9.13. The van der Waals surface area contributed by atoms with E-state index < -0.39 is 0 Å². The highest BCUT2D eigenvalue weighted by Crippen LogP contribution is 2.29. The number of rotatable bonds is 6. The van der Waals surface area contributed by atoms with E-state index in [2.05, 4.69) is 16.4 Å². The van der Waals surface area contributed by atoms with Crippen LogP contribution in [-0.4, -0.2) is 24.2 Å². The van der Waals surface area contributed by atoms with Crippen molar-refractivity contribution in [2.24, 2.45) is 0 Å². The highest BCUT2D eigenvalue weighted by Gasteiger charge is 2.15. The summed E-state index contributed by atoms with van der Waals surface area (Å²) in [5.41, 5.74) is 1.31. The van der Waals surface area contributed by atoms with E-state index in [-0.39, 0.29) is 0 Å². The molecule has 1 aromatic heterocycles. The Hall–Kier alpha value is -2.58. The van der Waals surface area contributed by atoms with Crippen molar-refractivity contribution in [1.29, 1.82) is 5.26 Å². The summed E-state index contributed by atoms with van der Waals surface area (Å²) in [6.07, 6.45) is 5.24. The lowest BCUT2D eigenvalue weighted by Crippen LogP contribution is -2.12. The summed E-state index contributed by atoms with van der Waals surface area (Å²) >= 11 is 0. The Morgan fingerprint density at radius 3 is 3.04 bits per heavy atom. The number of anilines is 1. The quantitative estimate of drug-likeness (QED) is 0.880. The Kier molecular flexibility index (Phi) is 5.07. The summed E-state index contributed by atoms with van der Waals surface area (Å²) in [6.45, 7) is 1.69. The van der Waals surface area contributed by atoms with Crippen LogP contribution in [0.15, 0.2) is 42.6 Å². The van der Waals surface area contributed by atoms with Gasteiger partial charge < -0.3 is 14.8 Å². The number of nitriles is 1. The van der Waals surface area contributed by atoms with Crippen molar-refractivity contribution in [1.82, 2.24) is 4.98 Å². The molecule has 2 aromatic rings. The lowest BCUT2D eigenvalue weighted by atomic mass is 10.2. The third kappa shape index (κ3) is 3.99. The molecule has 1 atom stereocenters. The molecule has 0 unspecified atom stereocenters. The minimum absolute atomic E-state index is 0.323. The molecule has 1 fully saturated rings. The lowest BCUT2D eigenvalue weighted by molar-refractivity contribution is 0.107. The van der Waals surface area contributed by atoms with Crippen molar-refractivity contribution in [3.63, 3.8) is 0 Å². The topological polar surface area (TPSA) is 67.2 Å². The summed E-state index contributed by atoms with van der Waals surface area (Å²) in [5.74, 6) is 0.985. The summed E-state index contributed by atoms with van der Waals surface area (Å²) in [7, 11) is 0. The second-order valence-electron chi connectivity index (χ2n) is 5.42. The van der Waals surface area contributed by atoms with Gasteiger partial charge in [0.25, 0.3) is 0 Å². The maximum atomic E-state index is 9.13. The van der Waals surface area contributed by atoms with Crippen LogP contribution in [-0.2, 0) is 4.74 Å². The van der Waals surface area contributed by atoms with Crippen LogP contribution in [0.5, 0.6) is 11.6 Å². The van der Waals surface area contributed by atoms with Crippen LogP contribution in [0.3, 0.4) is 0 Å². The molecule has 118 valence electrons.